The highest BCUT2D eigenvalue weighted by Crippen LogP contribution is 2.50. The number of ether oxygens (including phenoxy) is 1. The number of nitroso groups, excluding NO2 is 1. The van der Waals surface area contributed by atoms with Crippen LogP contribution < -0.4 is 26.2 Å². The molecule has 4 N–H and O–H groups in total. The third-order valence-corrected chi connectivity index (χ3v) is 12.2. The third kappa shape index (κ3) is 8.81. The number of amides is 3. The predicted molar refractivity (Wildman–Crippen MR) is 237 cm³/mol. The Labute approximate surface area is 359 Å². The molecule has 2 saturated heterocycles. The molecule has 15 nitrogen and oxygen atoms in total. The topological polar surface area (TPSA) is 193 Å². The molecule has 2 fully saturated rings. The molecule has 324 valence electrons. The number of aryl methyl sites for hydroxylation is 1. The lowest BCUT2D eigenvalue weighted by atomic mass is 9.98. The number of hydrogen-bond acceptors (Lipinski definition) is 11. The number of nitro groups is 1. The molecule has 0 aromatic heterocycles. The number of alkyl carbamates (subject to hydrolysis) is 1. The summed E-state index contributed by atoms with van der Waals surface area (Å²) in [4.78, 5) is 68.7. The van der Waals surface area contributed by atoms with Crippen molar-refractivity contribution >= 4 is 57.6 Å². The Kier molecular flexibility index (Phi) is 12.8. The molecule has 0 bridgehead atoms. The number of nitrogens with one attached hydrogen (secondary N) is 2. The highest BCUT2D eigenvalue weighted by atomic mass is 19.1. The number of likely N-dealkylation sites (tertiary alicyclic amines) is 1. The lowest BCUT2D eigenvalue weighted by Gasteiger charge is -2.35. The maximum absolute atomic E-state index is 16.6. The van der Waals surface area contributed by atoms with Gasteiger partial charge in [0.05, 0.1) is 35.5 Å². The minimum Gasteiger partial charge on any atom is -0.453 e. The van der Waals surface area contributed by atoms with Gasteiger partial charge in [-0.2, -0.15) is 0 Å². The second kappa shape index (κ2) is 18.4. The number of carbonyl (C=O) groups is 3. The third-order valence-electron chi connectivity index (χ3n) is 12.2. The number of nitrogens with two attached hydrogens (primary N) is 1. The molecule has 3 heterocycles. The second-order valence-electron chi connectivity index (χ2n) is 16.4. The molecule has 4 atom stereocenters. The summed E-state index contributed by atoms with van der Waals surface area (Å²) in [6, 6.07) is 20.5. The predicted octanol–water partition coefficient (Wildman–Crippen LogP) is 8.71. The van der Waals surface area contributed by atoms with Crippen molar-refractivity contribution in [3.63, 3.8) is 0 Å². The number of anilines is 4. The van der Waals surface area contributed by atoms with Crippen LogP contribution in [0.15, 0.2) is 90.1 Å². The summed E-state index contributed by atoms with van der Waals surface area (Å²) in [5.74, 6) is -1.76. The summed E-state index contributed by atoms with van der Waals surface area (Å²) in [6.07, 6.45) is 4.03. The zero-order valence-electron chi connectivity index (χ0n) is 35.2. The van der Waals surface area contributed by atoms with Gasteiger partial charge in [0.25, 0.3) is 5.69 Å². The van der Waals surface area contributed by atoms with Crippen molar-refractivity contribution in [2.45, 2.75) is 77.0 Å². The van der Waals surface area contributed by atoms with E-state index in [-0.39, 0.29) is 41.3 Å². The first-order valence-corrected chi connectivity index (χ1v) is 20.8. The van der Waals surface area contributed by atoms with Gasteiger partial charge in [0, 0.05) is 31.4 Å². The number of nitrogen functional groups attached to an aromatic ring is 1. The Hall–Kier alpha value is -6.84. The van der Waals surface area contributed by atoms with Crippen molar-refractivity contribution in [1.29, 1.82) is 0 Å². The second-order valence-corrected chi connectivity index (χ2v) is 16.4. The first-order valence-electron chi connectivity index (χ1n) is 20.8. The van der Waals surface area contributed by atoms with Crippen LogP contribution in [0.3, 0.4) is 0 Å². The van der Waals surface area contributed by atoms with Crippen LogP contribution in [-0.4, -0.2) is 66.6 Å². The van der Waals surface area contributed by atoms with Gasteiger partial charge in [-0.25, -0.2) is 9.18 Å². The quantitative estimate of drug-likeness (QED) is 0.0538. The number of nitro benzene ring substituents is 1. The minimum absolute atomic E-state index is 0.0466. The summed E-state index contributed by atoms with van der Waals surface area (Å²) in [6.45, 7) is 6.84. The van der Waals surface area contributed by atoms with Crippen LogP contribution >= 0.6 is 0 Å². The number of benzene rings is 4. The maximum Gasteiger partial charge on any atom is 0.407 e. The van der Waals surface area contributed by atoms with Gasteiger partial charge < -0.3 is 35.8 Å². The summed E-state index contributed by atoms with van der Waals surface area (Å²) in [5, 5.41) is 21.1. The largest absolute Gasteiger partial charge is 0.453 e. The van der Waals surface area contributed by atoms with E-state index in [2.05, 4.69) is 34.0 Å². The van der Waals surface area contributed by atoms with Crippen molar-refractivity contribution in [2.75, 3.05) is 47.6 Å². The SMILES string of the molecule is COC(=O)N[C@H](C(=O)N1CCC[C@H]1C(=O)Nc1ccc([C@H]2CC[C@H](c3ccc(N)c(N=O)c3)N2c2cc(C)c(N3CC=C(c4ccccc4)CC3)c(F)c2)cc1[N+](=O)[O-])C(C)C. The molecular formula is C46H51FN8O7. The number of methoxy groups -OCH3 is 1. The van der Waals surface area contributed by atoms with Crippen LogP contribution in [0.25, 0.3) is 5.57 Å². The lowest BCUT2D eigenvalue weighted by molar-refractivity contribution is -0.384. The molecule has 0 radical (unpaired) electrons. The summed E-state index contributed by atoms with van der Waals surface area (Å²) in [5.41, 5.74) is 11.4. The molecule has 0 spiro atoms. The van der Waals surface area contributed by atoms with Crippen molar-refractivity contribution in [3.05, 3.63) is 128 Å². The van der Waals surface area contributed by atoms with Crippen molar-refractivity contribution in [2.24, 2.45) is 11.1 Å². The summed E-state index contributed by atoms with van der Waals surface area (Å²) in [7, 11) is 1.19. The Morgan fingerprint density at radius 1 is 0.968 bits per heavy atom. The molecule has 3 aliphatic rings. The Morgan fingerprint density at radius 3 is 2.31 bits per heavy atom. The van der Waals surface area contributed by atoms with E-state index < -0.39 is 46.8 Å². The zero-order valence-corrected chi connectivity index (χ0v) is 35.2. The molecule has 3 amide bonds. The van der Waals surface area contributed by atoms with Crippen molar-refractivity contribution in [1.82, 2.24) is 10.2 Å². The van der Waals surface area contributed by atoms with E-state index in [9.17, 15) is 29.4 Å². The van der Waals surface area contributed by atoms with Gasteiger partial charge in [0.2, 0.25) is 11.8 Å². The van der Waals surface area contributed by atoms with E-state index in [1.807, 2.05) is 41.0 Å². The van der Waals surface area contributed by atoms with Crippen LogP contribution in [0.2, 0.25) is 0 Å². The number of nitrogens with zero attached hydrogens (tertiary/aromatic N) is 5. The molecule has 0 unspecified atom stereocenters. The Morgan fingerprint density at radius 2 is 1.68 bits per heavy atom. The standard InChI is InChI=1S/C46H51FN8O7/c1-27(2)42(50-46(58)62-4)45(57)53-20-8-11-40(53)44(56)49-36-15-13-32(25-41(36)55(60)61)39-17-16-38(31-12-14-35(48)37(24-31)51-59)54(39)33-23-28(3)43(34(47)26-33)52-21-18-30(19-22-52)29-9-6-5-7-10-29/h5-7,9-10,12-15,18,23-27,38-40,42H,8,11,16-17,19-22,48H2,1-4H3,(H,49,56)(H,50,58)/t38-,39-,40+,42+/m1/s1. The van der Waals surface area contributed by atoms with E-state index in [1.165, 1.54) is 35.8 Å². The van der Waals surface area contributed by atoms with Crippen LogP contribution in [0.1, 0.15) is 80.3 Å². The number of rotatable bonds is 12. The monoisotopic (exact) mass is 846 g/mol. The fraction of sp³-hybridized carbons (Fsp3) is 0.370. The van der Waals surface area contributed by atoms with Crippen LogP contribution in [0.4, 0.5) is 43.3 Å². The van der Waals surface area contributed by atoms with E-state index in [4.69, 9.17) is 10.5 Å². The van der Waals surface area contributed by atoms with E-state index >= 15 is 4.39 Å². The number of carbonyl (C=O) groups excluding carboxylic acids is 3. The smallest absolute Gasteiger partial charge is 0.407 e. The molecule has 4 aromatic rings. The summed E-state index contributed by atoms with van der Waals surface area (Å²) >= 11 is 0. The van der Waals surface area contributed by atoms with Crippen LogP contribution in [0.5, 0.6) is 0 Å². The number of hydrogen-bond donors (Lipinski definition) is 3. The molecule has 7 rings (SSSR count). The molecule has 0 saturated carbocycles. The van der Waals surface area contributed by atoms with Gasteiger partial charge >= 0.3 is 6.09 Å². The van der Waals surface area contributed by atoms with Gasteiger partial charge in [0.1, 0.15) is 29.3 Å². The van der Waals surface area contributed by atoms with Gasteiger partial charge in [-0.05, 0) is 108 Å². The minimum atomic E-state index is -0.944. The normalized spacial score (nSPS) is 19.2. The molecule has 16 heteroatoms. The van der Waals surface area contributed by atoms with Crippen molar-refractivity contribution < 1.29 is 28.4 Å². The Balaban J connectivity index is 1.19. The highest BCUT2D eigenvalue weighted by Gasteiger charge is 2.41. The maximum atomic E-state index is 16.6. The average Bonchev–Trinajstić information content (AvgIpc) is 3.95. The molecule has 0 aliphatic carbocycles. The van der Waals surface area contributed by atoms with Gasteiger partial charge in [0.15, 0.2) is 0 Å². The van der Waals surface area contributed by atoms with E-state index in [0.717, 1.165) is 23.1 Å². The zero-order chi connectivity index (χ0) is 44.2. The highest BCUT2D eigenvalue weighted by molar-refractivity contribution is 6.00. The Bertz CT molecular complexity index is 2390. The van der Waals surface area contributed by atoms with E-state index in [0.29, 0.717) is 55.7 Å². The van der Waals surface area contributed by atoms with Crippen LogP contribution in [-0.2, 0) is 14.3 Å². The van der Waals surface area contributed by atoms with Gasteiger partial charge in [-0.3, -0.25) is 19.7 Å². The molecular weight excluding hydrogens is 796 g/mol. The van der Waals surface area contributed by atoms with E-state index in [1.54, 1.807) is 38.1 Å². The fourth-order valence-electron chi connectivity index (χ4n) is 9.14. The first kappa shape index (κ1) is 43.3. The van der Waals surface area contributed by atoms with Gasteiger partial charge in [-0.1, -0.05) is 62.4 Å². The van der Waals surface area contributed by atoms with Gasteiger partial charge in [-0.15, -0.1) is 4.91 Å². The average molecular weight is 847 g/mol. The lowest BCUT2D eigenvalue weighted by Crippen LogP contribution is -2.54. The molecule has 4 aromatic carbocycles. The molecule has 62 heavy (non-hydrogen) atoms. The first-order chi connectivity index (χ1) is 29.8. The number of halogens is 1. The molecule has 3 aliphatic heterocycles. The summed E-state index contributed by atoms with van der Waals surface area (Å²) < 4.78 is 21.3. The van der Waals surface area contributed by atoms with Crippen molar-refractivity contribution in [3.8, 4) is 0 Å². The fourth-order valence-corrected chi connectivity index (χ4v) is 9.14. The van der Waals surface area contributed by atoms with Crippen LogP contribution in [0, 0.1) is 33.7 Å².